The Kier molecular flexibility index (Phi) is 3.26. The van der Waals surface area contributed by atoms with Crippen LogP contribution in [-0.2, 0) is 0 Å². The maximum atomic E-state index is 11.0. The van der Waals surface area contributed by atoms with Crippen LogP contribution in [0.4, 0.5) is 5.69 Å². The molecule has 0 bridgehead atoms. The first kappa shape index (κ1) is 11.5. The van der Waals surface area contributed by atoms with E-state index in [9.17, 15) is 14.9 Å². The molecule has 0 radical (unpaired) electrons. The minimum atomic E-state index is -0.875. The Morgan fingerprint density at radius 1 is 1.53 bits per heavy atom. The van der Waals surface area contributed by atoms with Crippen LogP contribution >= 0.6 is 11.6 Å². The summed E-state index contributed by atoms with van der Waals surface area (Å²) in [5.41, 5.74) is 0.0208. The Morgan fingerprint density at radius 2 is 2.13 bits per heavy atom. The fourth-order valence-electron chi connectivity index (χ4n) is 1.27. The molecule has 15 heavy (non-hydrogen) atoms. The van der Waals surface area contributed by atoms with Crippen molar-refractivity contribution in [3.63, 3.8) is 0 Å². The van der Waals surface area contributed by atoms with Gasteiger partial charge in [-0.25, -0.2) is 0 Å². The van der Waals surface area contributed by atoms with Crippen molar-refractivity contribution in [3.05, 3.63) is 33.4 Å². The Balaban J connectivity index is 3.56. The predicted molar refractivity (Wildman–Crippen MR) is 54.6 cm³/mol. The summed E-state index contributed by atoms with van der Waals surface area (Å²) < 4.78 is 4.88. The molecule has 1 aromatic carbocycles. The van der Waals surface area contributed by atoms with Gasteiger partial charge in [-0.3, -0.25) is 14.9 Å². The van der Waals surface area contributed by atoms with E-state index in [0.29, 0.717) is 5.56 Å². The molecule has 5 nitrogen and oxygen atoms in total. The zero-order chi connectivity index (χ0) is 11.6. The monoisotopic (exact) mass is 229 g/mol. The SMILES string of the molecule is COc1c(C)ccc(C(=O)Cl)c1[N+](=O)[O-]. The van der Waals surface area contributed by atoms with Crippen molar-refractivity contribution in [2.45, 2.75) is 6.92 Å². The molecule has 0 heterocycles. The van der Waals surface area contributed by atoms with E-state index in [4.69, 9.17) is 16.3 Å². The third kappa shape index (κ3) is 2.07. The maximum absolute atomic E-state index is 11.0. The van der Waals surface area contributed by atoms with E-state index in [2.05, 4.69) is 0 Å². The molecule has 1 rings (SSSR count). The maximum Gasteiger partial charge on any atom is 0.323 e. The lowest BCUT2D eigenvalue weighted by molar-refractivity contribution is -0.386. The van der Waals surface area contributed by atoms with E-state index >= 15 is 0 Å². The summed E-state index contributed by atoms with van der Waals surface area (Å²) in [4.78, 5) is 21.0. The number of nitro benzene ring substituents is 1. The Bertz CT molecular complexity index is 430. The summed E-state index contributed by atoms with van der Waals surface area (Å²) >= 11 is 5.23. The molecule has 0 aliphatic rings. The number of hydrogen-bond acceptors (Lipinski definition) is 4. The topological polar surface area (TPSA) is 69.4 Å². The van der Waals surface area contributed by atoms with Crippen LogP contribution in [0.5, 0.6) is 5.75 Å². The van der Waals surface area contributed by atoms with E-state index < -0.39 is 15.9 Å². The second-order valence-electron chi connectivity index (χ2n) is 2.84. The fourth-order valence-corrected chi connectivity index (χ4v) is 1.42. The van der Waals surface area contributed by atoms with Crippen LogP contribution in [0.25, 0.3) is 0 Å². The summed E-state index contributed by atoms with van der Waals surface area (Å²) in [6.45, 7) is 1.65. The van der Waals surface area contributed by atoms with Crippen molar-refractivity contribution in [2.75, 3.05) is 7.11 Å². The largest absolute Gasteiger partial charge is 0.490 e. The fraction of sp³-hybridized carbons (Fsp3) is 0.222. The number of nitrogens with zero attached hydrogens (tertiary/aromatic N) is 1. The average Bonchev–Trinajstić information content (AvgIpc) is 2.16. The van der Waals surface area contributed by atoms with Gasteiger partial charge in [-0.05, 0) is 30.2 Å². The smallest absolute Gasteiger partial charge is 0.323 e. The van der Waals surface area contributed by atoms with Gasteiger partial charge in [0.15, 0.2) is 0 Å². The highest BCUT2D eigenvalue weighted by Crippen LogP contribution is 2.34. The quantitative estimate of drug-likeness (QED) is 0.453. The lowest BCUT2D eigenvalue weighted by Crippen LogP contribution is -2.02. The summed E-state index contributed by atoms with van der Waals surface area (Å²) in [6.07, 6.45) is 0. The number of nitro groups is 1. The lowest BCUT2D eigenvalue weighted by atomic mass is 10.1. The third-order valence-electron chi connectivity index (χ3n) is 1.93. The normalized spacial score (nSPS) is 9.80. The average molecular weight is 230 g/mol. The van der Waals surface area contributed by atoms with Gasteiger partial charge in [0, 0.05) is 0 Å². The Labute approximate surface area is 90.8 Å². The summed E-state index contributed by atoms with van der Waals surface area (Å²) in [5, 5.41) is 9.90. The third-order valence-corrected chi connectivity index (χ3v) is 2.13. The standard InChI is InChI=1S/C9H8ClNO4/c1-5-3-4-6(9(10)12)7(11(13)14)8(5)15-2/h3-4H,1-2H3. The highest BCUT2D eigenvalue weighted by atomic mass is 35.5. The molecule has 0 saturated heterocycles. The van der Waals surface area contributed by atoms with E-state index in [1.54, 1.807) is 13.0 Å². The van der Waals surface area contributed by atoms with Crippen LogP contribution in [0.3, 0.4) is 0 Å². The molecule has 0 aromatic heterocycles. The minimum absolute atomic E-state index is 0.0616. The molecule has 0 aliphatic carbocycles. The first-order valence-electron chi connectivity index (χ1n) is 4.00. The second-order valence-corrected chi connectivity index (χ2v) is 3.19. The summed E-state index contributed by atoms with van der Waals surface area (Å²) in [6, 6.07) is 2.85. The Hall–Kier alpha value is -1.62. The number of ether oxygens (including phenoxy) is 1. The first-order chi connectivity index (χ1) is 6.99. The Morgan fingerprint density at radius 3 is 2.53 bits per heavy atom. The van der Waals surface area contributed by atoms with Crippen LogP contribution in [-0.4, -0.2) is 17.3 Å². The van der Waals surface area contributed by atoms with Crippen molar-refractivity contribution >= 4 is 22.5 Å². The van der Waals surface area contributed by atoms with Gasteiger partial charge in [0.1, 0.15) is 5.56 Å². The van der Waals surface area contributed by atoms with Crippen LogP contribution in [0, 0.1) is 17.0 Å². The van der Waals surface area contributed by atoms with Gasteiger partial charge in [0.25, 0.3) is 5.24 Å². The van der Waals surface area contributed by atoms with Gasteiger partial charge in [0.05, 0.1) is 12.0 Å². The van der Waals surface area contributed by atoms with E-state index in [1.165, 1.54) is 13.2 Å². The molecule has 0 amide bonds. The molecular formula is C9H8ClNO4. The molecule has 0 N–H and O–H groups in total. The number of carbonyl (C=O) groups excluding carboxylic acids is 1. The van der Waals surface area contributed by atoms with Gasteiger partial charge in [-0.1, -0.05) is 6.07 Å². The van der Waals surface area contributed by atoms with Crippen molar-refractivity contribution in [1.29, 1.82) is 0 Å². The zero-order valence-corrected chi connectivity index (χ0v) is 8.87. The van der Waals surface area contributed by atoms with Gasteiger partial charge in [0.2, 0.25) is 5.75 Å². The number of carbonyl (C=O) groups is 1. The van der Waals surface area contributed by atoms with E-state index in [1.807, 2.05) is 0 Å². The number of benzene rings is 1. The van der Waals surface area contributed by atoms with Crippen molar-refractivity contribution in [3.8, 4) is 5.75 Å². The number of aryl methyl sites for hydroxylation is 1. The van der Waals surface area contributed by atoms with Crippen molar-refractivity contribution in [1.82, 2.24) is 0 Å². The molecule has 6 heteroatoms. The van der Waals surface area contributed by atoms with Crippen LogP contribution < -0.4 is 4.74 Å². The highest BCUT2D eigenvalue weighted by molar-refractivity contribution is 6.68. The van der Waals surface area contributed by atoms with Gasteiger partial charge in [-0.15, -0.1) is 0 Å². The molecule has 0 fully saturated rings. The minimum Gasteiger partial charge on any atom is -0.490 e. The van der Waals surface area contributed by atoms with E-state index in [0.717, 1.165) is 0 Å². The number of rotatable bonds is 3. The molecular weight excluding hydrogens is 222 g/mol. The molecule has 0 unspecified atom stereocenters. The molecule has 0 saturated carbocycles. The molecule has 80 valence electrons. The number of hydrogen-bond donors (Lipinski definition) is 0. The van der Waals surface area contributed by atoms with Gasteiger partial charge in [-0.2, -0.15) is 0 Å². The van der Waals surface area contributed by atoms with Crippen LogP contribution in [0.2, 0.25) is 0 Å². The number of halogens is 1. The molecule has 1 aromatic rings. The lowest BCUT2D eigenvalue weighted by Gasteiger charge is -2.06. The van der Waals surface area contributed by atoms with Crippen molar-refractivity contribution in [2.24, 2.45) is 0 Å². The molecule has 0 aliphatic heterocycles. The molecule has 0 spiro atoms. The second kappa shape index (κ2) is 4.27. The van der Waals surface area contributed by atoms with Crippen LogP contribution in [0.15, 0.2) is 12.1 Å². The number of methoxy groups -OCH3 is 1. The highest BCUT2D eigenvalue weighted by Gasteiger charge is 2.25. The summed E-state index contributed by atoms with van der Waals surface area (Å²) in [7, 11) is 1.30. The summed E-state index contributed by atoms with van der Waals surface area (Å²) in [5.74, 6) is 0.0616. The molecule has 0 atom stereocenters. The van der Waals surface area contributed by atoms with Crippen molar-refractivity contribution < 1.29 is 14.5 Å². The van der Waals surface area contributed by atoms with Crippen LogP contribution in [0.1, 0.15) is 15.9 Å². The first-order valence-corrected chi connectivity index (χ1v) is 4.38. The predicted octanol–water partition coefficient (Wildman–Crippen LogP) is 2.29. The van der Waals surface area contributed by atoms with Gasteiger partial charge < -0.3 is 4.74 Å². The van der Waals surface area contributed by atoms with E-state index in [-0.39, 0.29) is 11.3 Å². The zero-order valence-electron chi connectivity index (χ0n) is 8.11. The van der Waals surface area contributed by atoms with Gasteiger partial charge >= 0.3 is 5.69 Å².